The predicted molar refractivity (Wildman–Crippen MR) is 112 cm³/mol. The predicted octanol–water partition coefficient (Wildman–Crippen LogP) is 1.94. The van der Waals surface area contributed by atoms with Crippen LogP contribution in [0.15, 0.2) is 4.99 Å². The minimum absolute atomic E-state index is 0. The van der Waals surface area contributed by atoms with Crippen LogP contribution in [-0.2, 0) is 9.47 Å². The SMILES string of the molecule is CCNC(=NCCCOCC(C)C)NCCCN1CCOCC1.I. The first-order valence-corrected chi connectivity index (χ1v) is 9.12. The summed E-state index contributed by atoms with van der Waals surface area (Å²) >= 11 is 0. The molecular weight excluding hydrogens is 419 g/mol. The summed E-state index contributed by atoms with van der Waals surface area (Å²) in [5, 5.41) is 6.70. The Bertz CT molecular complexity index is 311. The molecule has 1 saturated heterocycles. The van der Waals surface area contributed by atoms with Gasteiger partial charge in [-0.2, -0.15) is 0 Å². The van der Waals surface area contributed by atoms with E-state index in [1.165, 1.54) is 0 Å². The maximum Gasteiger partial charge on any atom is 0.191 e. The van der Waals surface area contributed by atoms with Crippen LogP contribution in [0.2, 0.25) is 0 Å². The van der Waals surface area contributed by atoms with Gasteiger partial charge in [-0.15, -0.1) is 24.0 Å². The Kier molecular flexibility index (Phi) is 16.3. The second kappa shape index (κ2) is 16.4. The molecule has 24 heavy (non-hydrogen) atoms. The van der Waals surface area contributed by atoms with Gasteiger partial charge in [0.1, 0.15) is 0 Å². The van der Waals surface area contributed by atoms with E-state index in [1.54, 1.807) is 0 Å². The van der Waals surface area contributed by atoms with Gasteiger partial charge >= 0.3 is 0 Å². The van der Waals surface area contributed by atoms with Crippen molar-refractivity contribution < 1.29 is 9.47 Å². The van der Waals surface area contributed by atoms with E-state index in [1.807, 2.05) is 0 Å². The van der Waals surface area contributed by atoms with E-state index < -0.39 is 0 Å². The Morgan fingerprint density at radius 2 is 1.96 bits per heavy atom. The van der Waals surface area contributed by atoms with Gasteiger partial charge in [0.25, 0.3) is 0 Å². The van der Waals surface area contributed by atoms with Crippen LogP contribution >= 0.6 is 24.0 Å². The van der Waals surface area contributed by atoms with E-state index in [9.17, 15) is 0 Å². The summed E-state index contributed by atoms with van der Waals surface area (Å²) in [6.45, 7) is 15.7. The van der Waals surface area contributed by atoms with E-state index in [0.29, 0.717) is 5.92 Å². The third kappa shape index (κ3) is 13.2. The summed E-state index contributed by atoms with van der Waals surface area (Å²) < 4.78 is 10.9. The van der Waals surface area contributed by atoms with E-state index in [4.69, 9.17) is 9.47 Å². The second-order valence-electron chi connectivity index (χ2n) is 6.32. The molecule has 0 radical (unpaired) electrons. The molecule has 0 bridgehead atoms. The third-order valence-corrected chi connectivity index (χ3v) is 3.56. The number of nitrogens with zero attached hydrogens (tertiary/aromatic N) is 2. The van der Waals surface area contributed by atoms with E-state index in [2.05, 4.69) is 41.3 Å². The Hall–Kier alpha value is -0.120. The molecule has 2 N–H and O–H groups in total. The zero-order valence-electron chi connectivity index (χ0n) is 15.7. The molecule has 1 rings (SSSR count). The van der Waals surface area contributed by atoms with Crippen LogP contribution in [0.4, 0.5) is 0 Å². The zero-order chi connectivity index (χ0) is 16.8. The number of aliphatic imine (C=N–C) groups is 1. The Balaban J connectivity index is 0.00000529. The molecule has 0 aliphatic carbocycles. The van der Waals surface area contributed by atoms with Gasteiger partial charge in [0.15, 0.2) is 5.96 Å². The van der Waals surface area contributed by atoms with Gasteiger partial charge in [0.05, 0.1) is 13.2 Å². The van der Waals surface area contributed by atoms with Crippen molar-refractivity contribution in [2.75, 3.05) is 65.7 Å². The lowest BCUT2D eigenvalue weighted by molar-refractivity contribution is 0.0376. The van der Waals surface area contributed by atoms with Crippen molar-refractivity contribution in [3.05, 3.63) is 0 Å². The molecule has 0 unspecified atom stereocenters. The molecule has 1 heterocycles. The van der Waals surface area contributed by atoms with Crippen LogP contribution in [0, 0.1) is 5.92 Å². The molecule has 1 aliphatic rings. The van der Waals surface area contributed by atoms with E-state index >= 15 is 0 Å². The average molecular weight is 456 g/mol. The molecule has 1 aliphatic heterocycles. The molecule has 0 amide bonds. The van der Waals surface area contributed by atoms with Crippen LogP contribution in [-0.4, -0.2) is 76.6 Å². The van der Waals surface area contributed by atoms with E-state index in [0.717, 1.165) is 84.5 Å². The smallest absolute Gasteiger partial charge is 0.191 e. The summed E-state index contributed by atoms with van der Waals surface area (Å²) in [7, 11) is 0. The fraction of sp³-hybridized carbons (Fsp3) is 0.941. The highest BCUT2D eigenvalue weighted by atomic mass is 127. The monoisotopic (exact) mass is 456 g/mol. The molecule has 0 aromatic heterocycles. The maximum atomic E-state index is 5.58. The highest BCUT2D eigenvalue weighted by molar-refractivity contribution is 14.0. The topological polar surface area (TPSA) is 58.1 Å². The minimum Gasteiger partial charge on any atom is -0.381 e. The fourth-order valence-electron chi connectivity index (χ4n) is 2.35. The number of nitrogens with one attached hydrogen (secondary N) is 2. The van der Waals surface area contributed by atoms with Crippen molar-refractivity contribution in [2.24, 2.45) is 10.9 Å². The lowest BCUT2D eigenvalue weighted by Crippen LogP contribution is -2.40. The van der Waals surface area contributed by atoms with Crippen LogP contribution < -0.4 is 10.6 Å². The molecule has 0 saturated carbocycles. The van der Waals surface area contributed by atoms with Gasteiger partial charge < -0.3 is 20.1 Å². The first-order chi connectivity index (χ1) is 11.2. The molecule has 1 fully saturated rings. The average Bonchev–Trinajstić information content (AvgIpc) is 2.55. The summed E-state index contributed by atoms with van der Waals surface area (Å²) in [6, 6.07) is 0. The largest absolute Gasteiger partial charge is 0.381 e. The Morgan fingerprint density at radius 3 is 2.62 bits per heavy atom. The quantitative estimate of drug-likeness (QED) is 0.216. The van der Waals surface area contributed by atoms with Crippen molar-refractivity contribution in [3.63, 3.8) is 0 Å². The fourth-order valence-corrected chi connectivity index (χ4v) is 2.35. The number of guanidine groups is 1. The number of hydrogen-bond donors (Lipinski definition) is 2. The molecule has 0 aromatic rings. The standard InChI is InChI=1S/C17H36N4O2.HI/c1-4-18-17(20-8-6-12-23-15-16(2)3)19-7-5-9-21-10-13-22-14-11-21;/h16H,4-15H2,1-3H3,(H2,18,19,20);1H. The second-order valence-corrected chi connectivity index (χ2v) is 6.32. The number of morpholine rings is 1. The molecule has 0 spiro atoms. The number of halogens is 1. The van der Waals surface area contributed by atoms with Crippen LogP contribution in [0.3, 0.4) is 0 Å². The van der Waals surface area contributed by atoms with Crippen LogP contribution in [0.1, 0.15) is 33.6 Å². The van der Waals surface area contributed by atoms with Crippen molar-refractivity contribution >= 4 is 29.9 Å². The van der Waals surface area contributed by atoms with E-state index in [-0.39, 0.29) is 24.0 Å². The normalized spacial score (nSPS) is 16.1. The van der Waals surface area contributed by atoms with Gasteiger partial charge in [-0.1, -0.05) is 13.8 Å². The Labute approximate surface area is 165 Å². The van der Waals surface area contributed by atoms with Gasteiger partial charge in [-0.3, -0.25) is 9.89 Å². The molecular formula is C17H37IN4O2. The Morgan fingerprint density at radius 1 is 1.21 bits per heavy atom. The molecule has 7 heteroatoms. The van der Waals surface area contributed by atoms with Crippen molar-refractivity contribution in [2.45, 2.75) is 33.6 Å². The van der Waals surface area contributed by atoms with Crippen LogP contribution in [0.25, 0.3) is 0 Å². The number of rotatable bonds is 11. The highest BCUT2D eigenvalue weighted by Crippen LogP contribution is 1.97. The summed E-state index contributed by atoms with van der Waals surface area (Å²) in [4.78, 5) is 7.05. The zero-order valence-corrected chi connectivity index (χ0v) is 18.0. The lowest BCUT2D eigenvalue weighted by atomic mass is 10.2. The third-order valence-electron chi connectivity index (χ3n) is 3.56. The van der Waals surface area contributed by atoms with Gasteiger partial charge in [-0.05, 0) is 32.2 Å². The number of hydrogen-bond acceptors (Lipinski definition) is 4. The summed E-state index contributed by atoms with van der Waals surface area (Å²) in [5.41, 5.74) is 0. The minimum atomic E-state index is 0. The summed E-state index contributed by atoms with van der Waals surface area (Å²) in [5.74, 6) is 1.52. The first kappa shape index (κ1) is 23.9. The molecule has 0 aromatic carbocycles. The van der Waals surface area contributed by atoms with Gasteiger partial charge in [0.2, 0.25) is 0 Å². The summed E-state index contributed by atoms with van der Waals surface area (Å²) in [6.07, 6.45) is 2.10. The van der Waals surface area contributed by atoms with Gasteiger partial charge in [0, 0.05) is 45.9 Å². The highest BCUT2D eigenvalue weighted by Gasteiger charge is 2.09. The first-order valence-electron chi connectivity index (χ1n) is 9.12. The van der Waals surface area contributed by atoms with Crippen LogP contribution in [0.5, 0.6) is 0 Å². The van der Waals surface area contributed by atoms with Crippen molar-refractivity contribution in [3.8, 4) is 0 Å². The van der Waals surface area contributed by atoms with Crippen molar-refractivity contribution in [1.29, 1.82) is 0 Å². The molecule has 6 nitrogen and oxygen atoms in total. The molecule has 144 valence electrons. The van der Waals surface area contributed by atoms with Gasteiger partial charge in [-0.25, -0.2) is 0 Å². The molecule has 0 atom stereocenters. The lowest BCUT2D eigenvalue weighted by Gasteiger charge is -2.26. The number of ether oxygens (including phenoxy) is 2. The van der Waals surface area contributed by atoms with Crippen molar-refractivity contribution in [1.82, 2.24) is 15.5 Å². The maximum absolute atomic E-state index is 5.58.